The standard InChI is InChI=1S/C21H24N6O2/c1-14(2)13-22-20(28)9-8-19-23-24-21-18-12-17(25-27(18)11-10-26(19)21)15-4-6-16(29-3)7-5-15/h4-7,10-12,14H,8-9,13H2,1-3H3,(H,22,28). The Morgan fingerprint density at radius 1 is 1.17 bits per heavy atom. The number of rotatable bonds is 7. The van der Waals surface area contributed by atoms with Crippen molar-refractivity contribution >= 4 is 17.1 Å². The third kappa shape index (κ3) is 3.91. The van der Waals surface area contributed by atoms with Crippen LogP contribution in [-0.4, -0.2) is 43.8 Å². The number of nitrogens with zero attached hydrogens (tertiary/aromatic N) is 5. The molecular formula is C21H24N6O2. The Morgan fingerprint density at radius 3 is 2.69 bits per heavy atom. The lowest BCUT2D eigenvalue weighted by molar-refractivity contribution is -0.121. The summed E-state index contributed by atoms with van der Waals surface area (Å²) in [6, 6.07) is 9.76. The first-order valence-electron chi connectivity index (χ1n) is 9.68. The second-order valence-electron chi connectivity index (χ2n) is 7.39. The van der Waals surface area contributed by atoms with E-state index in [-0.39, 0.29) is 5.91 Å². The summed E-state index contributed by atoms with van der Waals surface area (Å²) in [5.41, 5.74) is 3.42. The summed E-state index contributed by atoms with van der Waals surface area (Å²) in [6.07, 6.45) is 4.67. The normalized spacial score (nSPS) is 11.4. The Kier molecular flexibility index (Phi) is 5.16. The van der Waals surface area contributed by atoms with Gasteiger partial charge in [0.25, 0.3) is 0 Å². The van der Waals surface area contributed by atoms with Crippen molar-refractivity contribution in [2.75, 3.05) is 13.7 Å². The molecule has 1 aromatic carbocycles. The van der Waals surface area contributed by atoms with Gasteiger partial charge in [-0.05, 0) is 36.2 Å². The molecule has 4 rings (SSSR count). The van der Waals surface area contributed by atoms with Gasteiger partial charge in [0, 0.05) is 37.3 Å². The molecule has 0 aliphatic carbocycles. The maximum Gasteiger partial charge on any atom is 0.220 e. The molecule has 0 fully saturated rings. The second kappa shape index (κ2) is 7.90. The highest BCUT2D eigenvalue weighted by Gasteiger charge is 2.13. The minimum absolute atomic E-state index is 0.0303. The lowest BCUT2D eigenvalue weighted by Gasteiger charge is -2.07. The van der Waals surface area contributed by atoms with Crippen molar-refractivity contribution in [3.8, 4) is 17.0 Å². The van der Waals surface area contributed by atoms with Crippen LogP contribution in [0.25, 0.3) is 22.4 Å². The molecule has 4 aromatic rings. The number of aryl methyl sites for hydroxylation is 1. The Morgan fingerprint density at radius 2 is 1.97 bits per heavy atom. The van der Waals surface area contributed by atoms with Gasteiger partial charge in [-0.15, -0.1) is 10.2 Å². The summed E-state index contributed by atoms with van der Waals surface area (Å²) in [6.45, 7) is 4.83. The minimum atomic E-state index is 0.0303. The Hall–Kier alpha value is -3.42. The van der Waals surface area contributed by atoms with E-state index in [1.807, 2.05) is 47.1 Å². The van der Waals surface area contributed by atoms with Gasteiger partial charge in [-0.25, -0.2) is 4.52 Å². The van der Waals surface area contributed by atoms with E-state index in [1.165, 1.54) is 0 Å². The topological polar surface area (TPSA) is 85.8 Å². The molecule has 1 N–H and O–H groups in total. The van der Waals surface area contributed by atoms with Gasteiger partial charge in [0.05, 0.1) is 12.8 Å². The first kappa shape index (κ1) is 18.9. The van der Waals surface area contributed by atoms with Crippen molar-refractivity contribution in [2.24, 2.45) is 5.92 Å². The number of nitrogens with one attached hydrogen (secondary N) is 1. The number of amides is 1. The van der Waals surface area contributed by atoms with Crippen molar-refractivity contribution in [1.82, 2.24) is 29.5 Å². The van der Waals surface area contributed by atoms with Crippen LogP contribution in [0.15, 0.2) is 42.7 Å². The summed E-state index contributed by atoms with van der Waals surface area (Å²) >= 11 is 0. The number of aromatic nitrogens is 5. The first-order chi connectivity index (χ1) is 14.0. The van der Waals surface area contributed by atoms with Crippen LogP contribution in [0.1, 0.15) is 26.1 Å². The maximum absolute atomic E-state index is 12.0. The zero-order valence-electron chi connectivity index (χ0n) is 16.8. The lowest BCUT2D eigenvalue weighted by Crippen LogP contribution is -2.27. The van der Waals surface area contributed by atoms with Crippen LogP contribution < -0.4 is 10.1 Å². The molecule has 29 heavy (non-hydrogen) atoms. The van der Waals surface area contributed by atoms with Gasteiger partial charge in [-0.3, -0.25) is 9.20 Å². The highest BCUT2D eigenvalue weighted by Crippen LogP contribution is 2.24. The maximum atomic E-state index is 12.0. The van der Waals surface area contributed by atoms with E-state index in [2.05, 4.69) is 34.5 Å². The smallest absolute Gasteiger partial charge is 0.220 e. The monoisotopic (exact) mass is 392 g/mol. The number of ether oxygens (including phenoxy) is 1. The van der Waals surface area contributed by atoms with E-state index < -0.39 is 0 Å². The quantitative estimate of drug-likeness (QED) is 0.523. The molecule has 3 heterocycles. The van der Waals surface area contributed by atoms with E-state index in [0.717, 1.165) is 34.0 Å². The largest absolute Gasteiger partial charge is 0.497 e. The summed E-state index contributed by atoms with van der Waals surface area (Å²) in [5, 5.41) is 16.2. The molecule has 0 aliphatic heterocycles. The van der Waals surface area contributed by atoms with Crippen LogP contribution >= 0.6 is 0 Å². The fourth-order valence-corrected chi connectivity index (χ4v) is 3.16. The Bertz CT molecular complexity index is 1140. The molecule has 0 bridgehead atoms. The molecule has 150 valence electrons. The van der Waals surface area contributed by atoms with E-state index >= 15 is 0 Å². The molecule has 0 saturated heterocycles. The molecular weight excluding hydrogens is 368 g/mol. The van der Waals surface area contributed by atoms with Crippen LogP contribution in [0, 0.1) is 5.92 Å². The van der Waals surface area contributed by atoms with Gasteiger partial charge in [0.1, 0.15) is 17.1 Å². The molecule has 0 unspecified atom stereocenters. The number of hydrogen-bond acceptors (Lipinski definition) is 5. The van der Waals surface area contributed by atoms with E-state index in [0.29, 0.717) is 25.3 Å². The number of benzene rings is 1. The molecule has 3 aromatic heterocycles. The summed E-state index contributed by atoms with van der Waals surface area (Å²) in [7, 11) is 1.65. The van der Waals surface area contributed by atoms with Gasteiger partial charge < -0.3 is 10.1 Å². The van der Waals surface area contributed by atoms with Crippen molar-refractivity contribution in [2.45, 2.75) is 26.7 Å². The summed E-state index contributed by atoms with van der Waals surface area (Å²) in [4.78, 5) is 12.0. The third-order valence-corrected chi connectivity index (χ3v) is 4.76. The minimum Gasteiger partial charge on any atom is -0.497 e. The van der Waals surface area contributed by atoms with E-state index in [4.69, 9.17) is 4.74 Å². The van der Waals surface area contributed by atoms with Crippen molar-refractivity contribution < 1.29 is 9.53 Å². The molecule has 0 saturated carbocycles. The summed E-state index contributed by atoms with van der Waals surface area (Å²) < 4.78 is 8.93. The lowest BCUT2D eigenvalue weighted by atomic mass is 10.1. The molecule has 0 spiro atoms. The van der Waals surface area contributed by atoms with Gasteiger partial charge in [-0.2, -0.15) is 5.10 Å². The second-order valence-corrected chi connectivity index (χ2v) is 7.39. The molecule has 0 radical (unpaired) electrons. The zero-order chi connectivity index (χ0) is 20.4. The molecule has 1 amide bonds. The fraction of sp³-hybridized carbons (Fsp3) is 0.333. The SMILES string of the molecule is COc1ccc(-c2cc3c4nnc(CCC(=O)NCC(C)C)n4ccn3n2)cc1. The van der Waals surface area contributed by atoms with Crippen LogP contribution in [-0.2, 0) is 11.2 Å². The predicted molar refractivity (Wildman–Crippen MR) is 110 cm³/mol. The number of carbonyl (C=O) groups excluding carboxylic acids is 1. The molecule has 8 nitrogen and oxygen atoms in total. The summed E-state index contributed by atoms with van der Waals surface area (Å²) in [5.74, 6) is 2.03. The average molecular weight is 392 g/mol. The zero-order valence-corrected chi connectivity index (χ0v) is 16.8. The number of hydrogen-bond donors (Lipinski definition) is 1. The Labute approximate surface area is 168 Å². The van der Waals surface area contributed by atoms with Crippen LogP contribution in [0.5, 0.6) is 5.75 Å². The molecule has 0 atom stereocenters. The van der Waals surface area contributed by atoms with Gasteiger partial charge >= 0.3 is 0 Å². The van der Waals surface area contributed by atoms with Crippen molar-refractivity contribution in [3.63, 3.8) is 0 Å². The highest BCUT2D eigenvalue weighted by molar-refractivity contribution is 5.77. The highest BCUT2D eigenvalue weighted by atomic mass is 16.5. The predicted octanol–water partition coefficient (Wildman–Crippen LogP) is 2.76. The number of fused-ring (bicyclic) bond motifs is 3. The number of carbonyl (C=O) groups is 1. The van der Waals surface area contributed by atoms with Gasteiger partial charge in [-0.1, -0.05) is 13.8 Å². The van der Waals surface area contributed by atoms with E-state index in [9.17, 15) is 4.79 Å². The first-order valence-corrected chi connectivity index (χ1v) is 9.68. The third-order valence-electron chi connectivity index (χ3n) is 4.76. The van der Waals surface area contributed by atoms with Crippen LogP contribution in [0.3, 0.4) is 0 Å². The van der Waals surface area contributed by atoms with Crippen molar-refractivity contribution in [3.05, 3.63) is 48.5 Å². The Balaban J connectivity index is 1.58. The van der Waals surface area contributed by atoms with Crippen LogP contribution in [0.2, 0.25) is 0 Å². The fourth-order valence-electron chi connectivity index (χ4n) is 3.16. The number of methoxy groups -OCH3 is 1. The average Bonchev–Trinajstić information content (AvgIpc) is 3.34. The van der Waals surface area contributed by atoms with Crippen molar-refractivity contribution in [1.29, 1.82) is 0 Å². The molecule has 0 aliphatic rings. The van der Waals surface area contributed by atoms with Gasteiger partial charge in [0.2, 0.25) is 5.91 Å². The van der Waals surface area contributed by atoms with Gasteiger partial charge in [0.15, 0.2) is 5.65 Å². The molecule has 8 heteroatoms. The van der Waals surface area contributed by atoms with Crippen LogP contribution in [0.4, 0.5) is 0 Å². The van der Waals surface area contributed by atoms with E-state index in [1.54, 1.807) is 11.6 Å².